The van der Waals surface area contributed by atoms with Gasteiger partial charge in [-0.3, -0.25) is 4.79 Å². The number of hydrogen-bond donors (Lipinski definition) is 3. The summed E-state index contributed by atoms with van der Waals surface area (Å²) in [4.78, 5) is 36.4. The largest absolute Gasteiger partial charge is 0.477 e. The van der Waals surface area contributed by atoms with Gasteiger partial charge in [0.1, 0.15) is 0 Å². The van der Waals surface area contributed by atoms with Crippen molar-refractivity contribution in [3.05, 3.63) is 27.9 Å². The van der Waals surface area contributed by atoms with Crippen LogP contribution < -0.4 is 5.56 Å². The van der Waals surface area contributed by atoms with Crippen LogP contribution in [0.5, 0.6) is 0 Å². The van der Waals surface area contributed by atoms with E-state index in [2.05, 4.69) is 4.98 Å². The van der Waals surface area contributed by atoms with Crippen molar-refractivity contribution in [1.82, 2.24) is 9.97 Å². The summed E-state index contributed by atoms with van der Waals surface area (Å²) in [6, 6.07) is 0. The van der Waals surface area contributed by atoms with Gasteiger partial charge in [-0.2, -0.15) is 0 Å². The molecule has 1 aromatic rings. The molecule has 0 aliphatic carbocycles. The van der Waals surface area contributed by atoms with Crippen molar-refractivity contribution in [3.63, 3.8) is 0 Å². The predicted octanol–water partition coefficient (Wildman–Crippen LogP) is -1.21. The second kappa shape index (κ2) is 4.89. The molecule has 0 saturated heterocycles. The zero-order valence-corrected chi connectivity index (χ0v) is 9.14. The molecule has 0 aliphatic heterocycles. The summed E-state index contributed by atoms with van der Waals surface area (Å²) >= 11 is 0. The Hall–Kier alpha value is -1.18. The molecule has 3 N–H and O–H groups in total. The molecule has 1 radical (unpaired) electrons. The van der Waals surface area contributed by atoms with Crippen molar-refractivity contribution in [3.8, 4) is 0 Å². The maximum atomic E-state index is 10.6. The molecular formula is C6H4N2NaO5. The first-order valence-corrected chi connectivity index (χ1v) is 3.08. The van der Waals surface area contributed by atoms with Crippen LogP contribution in [0.2, 0.25) is 0 Å². The van der Waals surface area contributed by atoms with Gasteiger partial charge in [0.25, 0.3) is 5.56 Å². The normalized spacial score (nSPS) is 8.86. The molecule has 7 nitrogen and oxygen atoms in total. The van der Waals surface area contributed by atoms with Gasteiger partial charge < -0.3 is 15.2 Å². The summed E-state index contributed by atoms with van der Waals surface area (Å²) in [5, 5.41) is 16.9. The topological polar surface area (TPSA) is 120 Å². The van der Waals surface area contributed by atoms with E-state index in [1.165, 1.54) is 0 Å². The SMILES string of the molecule is O=C(O)c1ncc(=O)[nH]c1C(=O)O.[Na]. The molecule has 0 aliphatic rings. The second-order valence-corrected chi connectivity index (χ2v) is 2.08. The first-order valence-electron chi connectivity index (χ1n) is 3.08. The number of aromatic carboxylic acids is 2. The first kappa shape index (κ1) is 12.8. The third-order valence-corrected chi connectivity index (χ3v) is 1.21. The summed E-state index contributed by atoms with van der Waals surface area (Å²) < 4.78 is 0. The number of nitrogens with zero attached hydrogens (tertiary/aromatic N) is 1. The molecule has 0 unspecified atom stereocenters. The molecule has 14 heavy (non-hydrogen) atoms. The van der Waals surface area contributed by atoms with Gasteiger partial charge in [0.2, 0.25) is 0 Å². The van der Waals surface area contributed by atoms with Crippen molar-refractivity contribution in [2.75, 3.05) is 0 Å². The number of carboxylic acid groups (broad SMARTS) is 2. The summed E-state index contributed by atoms with van der Waals surface area (Å²) in [5.41, 5.74) is -2.17. The maximum Gasteiger partial charge on any atom is 0.356 e. The zero-order valence-electron chi connectivity index (χ0n) is 7.14. The molecule has 0 amide bonds. The zero-order chi connectivity index (χ0) is 10.0. The monoisotopic (exact) mass is 207 g/mol. The fourth-order valence-corrected chi connectivity index (χ4v) is 0.719. The van der Waals surface area contributed by atoms with E-state index < -0.39 is 28.9 Å². The quantitative estimate of drug-likeness (QED) is 0.523. The van der Waals surface area contributed by atoms with Gasteiger partial charge in [0.05, 0.1) is 6.20 Å². The van der Waals surface area contributed by atoms with E-state index in [4.69, 9.17) is 10.2 Å². The predicted molar refractivity (Wildman–Crippen MR) is 44.5 cm³/mol. The van der Waals surface area contributed by atoms with Crippen LogP contribution in [0, 0.1) is 0 Å². The molecule has 8 heteroatoms. The van der Waals surface area contributed by atoms with Crippen LogP contribution in [-0.2, 0) is 0 Å². The Labute approximate surface area is 99.1 Å². The molecule has 0 bridgehead atoms. The molecule has 1 heterocycles. The molecule has 69 valence electrons. The Morgan fingerprint density at radius 2 is 1.86 bits per heavy atom. The Morgan fingerprint density at radius 3 is 2.29 bits per heavy atom. The number of aromatic amines is 1. The van der Waals surface area contributed by atoms with Crippen LogP contribution in [0.4, 0.5) is 0 Å². The molecule has 0 saturated carbocycles. The van der Waals surface area contributed by atoms with Crippen LogP contribution in [-0.4, -0.2) is 61.7 Å². The average molecular weight is 207 g/mol. The minimum Gasteiger partial charge on any atom is -0.477 e. The summed E-state index contributed by atoms with van der Waals surface area (Å²) in [5.74, 6) is -3.05. The fourth-order valence-electron chi connectivity index (χ4n) is 0.719. The van der Waals surface area contributed by atoms with Gasteiger partial charge >= 0.3 is 11.9 Å². The second-order valence-electron chi connectivity index (χ2n) is 2.08. The number of carboxylic acids is 2. The summed E-state index contributed by atoms with van der Waals surface area (Å²) in [6.45, 7) is 0. The Morgan fingerprint density at radius 1 is 1.29 bits per heavy atom. The van der Waals surface area contributed by atoms with Crippen molar-refractivity contribution in [2.24, 2.45) is 0 Å². The van der Waals surface area contributed by atoms with E-state index in [1.807, 2.05) is 4.98 Å². The third kappa shape index (κ3) is 2.66. The van der Waals surface area contributed by atoms with Gasteiger partial charge in [-0.15, -0.1) is 0 Å². The average Bonchev–Trinajstić information content (AvgIpc) is 2.03. The van der Waals surface area contributed by atoms with E-state index >= 15 is 0 Å². The number of carbonyl (C=O) groups is 2. The van der Waals surface area contributed by atoms with Crippen molar-refractivity contribution in [1.29, 1.82) is 0 Å². The molecule has 1 aromatic heterocycles. The van der Waals surface area contributed by atoms with Crippen molar-refractivity contribution >= 4 is 41.5 Å². The van der Waals surface area contributed by atoms with Crippen LogP contribution in [0.25, 0.3) is 0 Å². The van der Waals surface area contributed by atoms with Crippen LogP contribution in [0.15, 0.2) is 11.0 Å². The molecule has 1 rings (SSSR count). The Balaban J connectivity index is 0.00000169. The van der Waals surface area contributed by atoms with Gasteiger partial charge in [0.15, 0.2) is 11.4 Å². The van der Waals surface area contributed by atoms with E-state index in [0.29, 0.717) is 6.20 Å². The van der Waals surface area contributed by atoms with E-state index in [-0.39, 0.29) is 29.6 Å². The summed E-state index contributed by atoms with van der Waals surface area (Å²) in [7, 11) is 0. The molecular weight excluding hydrogens is 203 g/mol. The van der Waals surface area contributed by atoms with E-state index in [1.54, 1.807) is 0 Å². The third-order valence-electron chi connectivity index (χ3n) is 1.21. The van der Waals surface area contributed by atoms with Gasteiger partial charge in [-0.1, -0.05) is 0 Å². The molecule has 0 aromatic carbocycles. The number of aromatic nitrogens is 2. The Kier molecular flexibility index (Phi) is 4.48. The minimum absolute atomic E-state index is 0. The number of hydrogen-bond acceptors (Lipinski definition) is 4. The maximum absolute atomic E-state index is 10.6. The first-order chi connectivity index (χ1) is 6.02. The van der Waals surface area contributed by atoms with Crippen LogP contribution in [0.3, 0.4) is 0 Å². The standard InChI is InChI=1S/C6H4N2O5.Na/c9-2-1-7-3(5(10)11)4(8-2)6(12)13;/h1H,(H,8,9)(H,10,11)(H,12,13);. The molecule has 0 spiro atoms. The fraction of sp³-hybridized carbons (Fsp3) is 0. The Bertz CT molecular complexity index is 426. The molecule has 0 atom stereocenters. The van der Waals surface area contributed by atoms with Crippen LogP contribution >= 0.6 is 0 Å². The van der Waals surface area contributed by atoms with Gasteiger partial charge in [0, 0.05) is 29.6 Å². The van der Waals surface area contributed by atoms with Gasteiger partial charge in [-0.05, 0) is 0 Å². The number of H-pyrrole nitrogens is 1. The van der Waals surface area contributed by atoms with Crippen molar-refractivity contribution in [2.45, 2.75) is 0 Å². The smallest absolute Gasteiger partial charge is 0.356 e. The van der Waals surface area contributed by atoms with Gasteiger partial charge in [-0.25, -0.2) is 14.6 Å². The van der Waals surface area contributed by atoms with E-state index in [9.17, 15) is 14.4 Å². The minimum atomic E-state index is -1.54. The molecule has 0 fully saturated rings. The van der Waals surface area contributed by atoms with E-state index in [0.717, 1.165) is 0 Å². The summed E-state index contributed by atoms with van der Waals surface area (Å²) in [6.07, 6.45) is 0.704. The number of rotatable bonds is 2. The van der Waals surface area contributed by atoms with Crippen LogP contribution in [0.1, 0.15) is 21.0 Å². The van der Waals surface area contributed by atoms with Crippen molar-refractivity contribution < 1.29 is 19.8 Å². The number of nitrogens with one attached hydrogen (secondary N) is 1.